The maximum atomic E-state index is 12.0. The summed E-state index contributed by atoms with van der Waals surface area (Å²) in [6.07, 6.45) is -1.15. The van der Waals surface area contributed by atoms with Crippen LogP contribution in [0.25, 0.3) is 0 Å². The molecule has 1 heterocycles. The molecule has 28 heavy (non-hydrogen) atoms. The average Bonchev–Trinajstić information content (AvgIpc) is 2.61. The molecule has 5 atom stereocenters. The van der Waals surface area contributed by atoms with E-state index in [0.717, 1.165) is 11.5 Å². The summed E-state index contributed by atoms with van der Waals surface area (Å²) in [6.45, 7) is 5.08. The Morgan fingerprint density at radius 1 is 1.36 bits per heavy atom. The molecule has 162 valence electrons. The fourth-order valence-electron chi connectivity index (χ4n) is 2.32. The summed E-state index contributed by atoms with van der Waals surface area (Å²) in [5.41, 5.74) is -2.32. The van der Waals surface area contributed by atoms with Crippen LogP contribution in [-0.2, 0) is 13.8 Å². The highest BCUT2D eigenvalue weighted by atomic mass is 31.2. The molecule has 0 saturated carbocycles. The Hall–Kier alpha value is -1.33. The Morgan fingerprint density at radius 2 is 1.96 bits per heavy atom. The van der Waals surface area contributed by atoms with E-state index in [2.05, 4.69) is 4.98 Å². The van der Waals surface area contributed by atoms with E-state index in [1.807, 2.05) is 0 Å². The molecule has 1 aromatic rings. The van der Waals surface area contributed by atoms with Gasteiger partial charge in [-0.15, -0.1) is 0 Å². The molecule has 5 N–H and O–H groups in total. The van der Waals surface area contributed by atoms with Gasteiger partial charge in [-0.05, 0) is 27.2 Å². The second kappa shape index (κ2) is 9.93. The molecule has 0 aliphatic rings. The molecule has 12 heteroatoms. The third kappa shape index (κ3) is 6.35. The van der Waals surface area contributed by atoms with Crippen molar-refractivity contribution >= 4 is 7.60 Å². The fourth-order valence-corrected chi connectivity index (χ4v) is 3.32. The van der Waals surface area contributed by atoms with Crippen molar-refractivity contribution in [2.45, 2.75) is 64.3 Å². The highest BCUT2D eigenvalue weighted by Crippen LogP contribution is 2.51. The van der Waals surface area contributed by atoms with Crippen molar-refractivity contribution in [1.82, 2.24) is 9.55 Å². The molecule has 0 aliphatic carbocycles. The topological polar surface area (TPSA) is 171 Å². The molecule has 1 aromatic heterocycles. The van der Waals surface area contributed by atoms with Gasteiger partial charge in [0.1, 0.15) is 6.10 Å². The minimum Gasteiger partial charge on any atom is -0.394 e. The summed E-state index contributed by atoms with van der Waals surface area (Å²) in [4.78, 5) is 35.4. The SMILES string of the molecule is CCC(C)(CCO[C@H]([C@H](O)CO)n1cc(C)c(=O)[nH]c1=O)OP(=O)(O)C(C)O. The number of aromatic nitrogens is 2. The third-order valence-electron chi connectivity index (χ3n) is 4.43. The Balaban J connectivity index is 2.98. The summed E-state index contributed by atoms with van der Waals surface area (Å²) in [5.74, 6) is -1.56. The van der Waals surface area contributed by atoms with Crippen molar-refractivity contribution in [2.24, 2.45) is 0 Å². The first-order valence-corrected chi connectivity index (χ1v) is 10.5. The zero-order valence-electron chi connectivity index (χ0n) is 16.4. The van der Waals surface area contributed by atoms with Crippen LogP contribution in [0.2, 0.25) is 0 Å². The number of aromatic amines is 1. The Morgan fingerprint density at radius 3 is 2.46 bits per heavy atom. The molecule has 0 fully saturated rings. The predicted molar refractivity (Wildman–Crippen MR) is 100 cm³/mol. The Bertz CT molecular complexity index is 806. The summed E-state index contributed by atoms with van der Waals surface area (Å²) in [7, 11) is -4.25. The molecule has 11 nitrogen and oxygen atoms in total. The Kier molecular flexibility index (Phi) is 8.76. The van der Waals surface area contributed by atoms with Gasteiger partial charge in [-0.3, -0.25) is 18.9 Å². The second-order valence-corrected chi connectivity index (χ2v) is 8.89. The molecule has 0 bridgehead atoms. The number of hydrogen-bond acceptors (Lipinski definition) is 8. The highest BCUT2D eigenvalue weighted by molar-refractivity contribution is 7.53. The van der Waals surface area contributed by atoms with Crippen molar-refractivity contribution in [3.05, 3.63) is 32.6 Å². The van der Waals surface area contributed by atoms with Crippen molar-refractivity contribution in [3.63, 3.8) is 0 Å². The van der Waals surface area contributed by atoms with Crippen LogP contribution < -0.4 is 11.2 Å². The largest absolute Gasteiger partial charge is 0.394 e. The first kappa shape index (κ1) is 24.7. The summed E-state index contributed by atoms with van der Waals surface area (Å²) >= 11 is 0. The van der Waals surface area contributed by atoms with E-state index >= 15 is 0 Å². The van der Waals surface area contributed by atoms with E-state index in [0.29, 0.717) is 6.42 Å². The normalized spacial score (nSPS) is 19.4. The van der Waals surface area contributed by atoms with Crippen molar-refractivity contribution in [2.75, 3.05) is 13.2 Å². The smallest absolute Gasteiger partial charge is 0.356 e. The van der Waals surface area contributed by atoms with Crippen molar-refractivity contribution in [1.29, 1.82) is 0 Å². The van der Waals surface area contributed by atoms with Crippen LogP contribution in [0.4, 0.5) is 0 Å². The minimum absolute atomic E-state index is 0.0898. The molecular weight excluding hydrogens is 395 g/mol. The molecule has 0 aromatic carbocycles. The lowest BCUT2D eigenvalue weighted by molar-refractivity contribution is -0.110. The zero-order valence-corrected chi connectivity index (χ0v) is 17.3. The van der Waals surface area contributed by atoms with Crippen LogP contribution in [0, 0.1) is 6.92 Å². The van der Waals surface area contributed by atoms with Gasteiger partial charge < -0.3 is 29.5 Å². The van der Waals surface area contributed by atoms with E-state index in [1.54, 1.807) is 13.8 Å². The highest BCUT2D eigenvalue weighted by Gasteiger charge is 2.37. The number of nitrogens with one attached hydrogen (secondary N) is 1. The predicted octanol–water partition coefficient (Wildman–Crippen LogP) is -0.187. The Labute approximate surface area is 162 Å². The third-order valence-corrected chi connectivity index (χ3v) is 6.07. The van der Waals surface area contributed by atoms with E-state index in [-0.39, 0.29) is 18.6 Å². The van der Waals surface area contributed by atoms with Crippen LogP contribution in [0.3, 0.4) is 0 Å². The first-order chi connectivity index (χ1) is 12.9. The monoisotopic (exact) mass is 424 g/mol. The molecule has 1 rings (SSSR count). The quantitative estimate of drug-likeness (QED) is 0.302. The second-order valence-electron chi connectivity index (χ2n) is 6.83. The number of aliphatic hydroxyl groups excluding tert-OH is 3. The van der Waals surface area contributed by atoms with Crippen molar-refractivity contribution in [3.8, 4) is 0 Å². The van der Waals surface area contributed by atoms with Gasteiger partial charge in [0, 0.05) is 18.2 Å². The minimum atomic E-state index is -4.25. The molecule has 0 aliphatic heterocycles. The molecule has 0 saturated heterocycles. The number of hydrogen-bond donors (Lipinski definition) is 5. The van der Waals surface area contributed by atoms with E-state index < -0.39 is 49.2 Å². The fraction of sp³-hybridized carbons (Fsp3) is 0.750. The first-order valence-electron chi connectivity index (χ1n) is 8.80. The van der Waals surface area contributed by atoms with Gasteiger partial charge in [-0.1, -0.05) is 6.92 Å². The van der Waals surface area contributed by atoms with Gasteiger partial charge in [-0.25, -0.2) is 4.79 Å². The molecule has 0 amide bonds. The van der Waals surface area contributed by atoms with Crippen LogP contribution in [0.15, 0.2) is 15.8 Å². The lowest BCUT2D eigenvalue weighted by Gasteiger charge is -2.32. The maximum absolute atomic E-state index is 12.0. The van der Waals surface area contributed by atoms with Crippen molar-refractivity contribution < 1.29 is 34.0 Å². The average molecular weight is 424 g/mol. The summed E-state index contributed by atoms with van der Waals surface area (Å²) in [5, 5.41) is 28.7. The van der Waals surface area contributed by atoms with Gasteiger partial charge >= 0.3 is 13.3 Å². The van der Waals surface area contributed by atoms with E-state index in [1.165, 1.54) is 13.1 Å². The van der Waals surface area contributed by atoms with Gasteiger partial charge in [0.2, 0.25) is 0 Å². The van der Waals surface area contributed by atoms with E-state index in [4.69, 9.17) is 9.26 Å². The van der Waals surface area contributed by atoms with Crippen LogP contribution in [-0.4, -0.2) is 60.5 Å². The van der Waals surface area contributed by atoms with Crippen LogP contribution in [0.1, 0.15) is 45.4 Å². The van der Waals surface area contributed by atoms with Crippen LogP contribution in [0.5, 0.6) is 0 Å². The number of ether oxygens (including phenoxy) is 1. The molecule has 0 spiro atoms. The van der Waals surface area contributed by atoms with Crippen LogP contribution >= 0.6 is 7.60 Å². The van der Waals surface area contributed by atoms with Gasteiger partial charge in [0.15, 0.2) is 12.1 Å². The number of nitrogens with zero attached hydrogens (tertiary/aromatic N) is 1. The summed E-state index contributed by atoms with van der Waals surface area (Å²) in [6, 6.07) is 0. The number of aliphatic hydroxyl groups is 3. The van der Waals surface area contributed by atoms with E-state index in [9.17, 15) is 34.4 Å². The lowest BCUT2D eigenvalue weighted by atomic mass is 10.0. The van der Waals surface area contributed by atoms with Gasteiger partial charge in [-0.2, -0.15) is 0 Å². The number of H-pyrrole nitrogens is 1. The molecule has 3 unspecified atom stereocenters. The number of aryl methyl sites for hydroxylation is 1. The van der Waals surface area contributed by atoms with Gasteiger partial charge in [0.05, 0.1) is 18.8 Å². The molecule has 0 radical (unpaired) electrons. The number of rotatable bonds is 11. The standard InChI is InChI=1S/C16H29N2O9P/c1-5-16(4,27-28(24,25)11(3)20)6-7-26-14(12(21)9-19)18-8-10(2)13(22)17-15(18)23/h8,11-12,14,19-21H,5-7,9H2,1-4H3,(H,24,25)(H,17,22,23)/t11?,12-,14-,16?/m1/s1. The lowest BCUT2D eigenvalue weighted by Crippen LogP contribution is -2.40. The summed E-state index contributed by atoms with van der Waals surface area (Å²) < 4.78 is 23.7. The van der Waals surface area contributed by atoms with Gasteiger partial charge in [0.25, 0.3) is 5.56 Å². The zero-order chi connectivity index (χ0) is 21.7. The maximum Gasteiger partial charge on any atom is 0.356 e. The molecular formula is C16H29N2O9P.